The molecule has 0 atom stereocenters. The molecule has 1 N–H and O–H groups in total. The van der Waals surface area contributed by atoms with Crippen molar-refractivity contribution in [1.82, 2.24) is 5.32 Å². The molecule has 92 valence electrons. The highest BCUT2D eigenvalue weighted by atomic mass is 35.5. The molecule has 0 unspecified atom stereocenters. The number of carbonyl (C=O) groups is 1. The Bertz CT molecular complexity index is 420. The van der Waals surface area contributed by atoms with Gasteiger partial charge in [0.2, 0.25) is 5.91 Å². The number of amides is 1. The van der Waals surface area contributed by atoms with Gasteiger partial charge in [0, 0.05) is 30.2 Å². The van der Waals surface area contributed by atoms with Crippen molar-refractivity contribution < 1.29 is 4.79 Å². The summed E-state index contributed by atoms with van der Waals surface area (Å²) in [6.45, 7) is 4.49. The van der Waals surface area contributed by atoms with Crippen molar-refractivity contribution in [2.45, 2.75) is 19.8 Å². The number of hydrogen-bond acceptors (Lipinski definition) is 2. The fourth-order valence-electron chi connectivity index (χ4n) is 2.07. The minimum Gasteiger partial charge on any atom is -0.316 e. The second-order valence-electron chi connectivity index (χ2n) is 4.33. The number of anilines is 1. The molecule has 1 aliphatic rings. The molecule has 0 aromatic heterocycles. The van der Waals surface area contributed by atoms with E-state index < -0.39 is 0 Å². The molecule has 4 heteroatoms. The summed E-state index contributed by atoms with van der Waals surface area (Å²) < 4.78 is 0. The van der Waals surface area contributed by atoms with Crippen LogP contribution in [0.5, 0.6) is 0 Å². The zero-order valence-corrected chi connectivity index (χ0v) is 10.8. The Kier molecular flexibility index (Phi) is 4.02. The van der Waals surface area contributed by atoms with E-state index in [1.807, 2.05) is 30.0 Å². The van der Waals surface area contributed by atoms with Gasteiger partial charge in [0.15, 0.2) is 0 Å². The van der Waals surface area contributed by atoms with E-state index in [0.717, 1.165) is 37.3 Å². The Labute approximate surface area is 107 Å². The second kappa shape index (κ2) is 5.52. The summed E-state index contributed by atoms with van der Waals surface area (Å²) in [4.78, 5) is 13.9. The molecule has 1 fully saturated rings. The first-order chi connectivity index (χ1) is 8.18. The van der Waals surface area contributed by atoms with Crippen molar-refractivity contribution >= 4 is 23.2 Å². The van der Waals surface area contributed by atoms with E-state index in [2.05, 4.69) is 5.32 Å². The van der Waals surface area contributed by atoms with Gasteiger partial charge in [-0.05, 0) is 37.6 Å². The van der Waals surface area contributed by atoms with Gasteiger partial charge in [-0.1, -0.05) is 17.7 Å². The number of nitrogens with one attached hydrogen (secondary N) is 1. The zero-order valence-electron chi connectivity index (χ0n) is 10.0. The molecule has 1 amide bonds. The summed E-state index contributed by atoms with van der Waals surface area (Å²) in [6.07, 6.45) is 1.52. The molecule has 0 radical (unpaired) electrons. The Morgan fingerprint density at radius 3 is 3.00 bits per heavy atom. The lowest BCUT2D eigenvalue weighted by molar-refractivity contribution is -0.118. The Morgan fingerprint density at radius 1 is 1.35 bits per heavy atom. The van der Waals surface area contributed by atoms with E-state index in [4.69, 9.17) is 11.6 Å². The van der Waals surface area contributed by atoms with Crippen molar-refractivity contribution in [1.29, 1.82) is 0 Å². The SMILES string of the molecule is Cc1ccc(Cl)cc1N1CCCNCCC1=O. The third-order valence-corrected chi connectivity index (χ3v) is 3.25. The third-order valence-electron chi connectivity index (χ3n) is 3.01. The normalized spacial score (nSPS) is 17.8. The van der Waals surface area contributed by atoms with Crippen LogP contribution in [0.3, 0.4) is 0 Å². The number of halogens is 1. The van der Waals surface area contributed by atoms with Crippen molar-refractivity contribution in [3.05, 3.63) is 28.8 Å². The smallest absolute Gasteiger partial charge is 0.228 e. The molecule has 0 saturated carbocycles. The first kappa shape index (κ1) is 12.4. The maximum absolute atomic E-state index is 12.1. The fraction of sp³-hybridized carbons (Fsp3) is 0.462. The Morgan fingerprint density at radius 2 is 2.18 bits per heavy atom. The summed E-state index contributed by atoms with van der Waals surface area (Å²) in [5, 5.41) is 3.92. The van der Waals surface area contributed by atoms with Crippen LogP contribution in [-0.4, -0.2) is 25.5 Å². The van der Waals surface area contributed by atoms with Crippen molar-refractivity contribution in [3.8, 4) is 0 Å². The molecule has 1 aliphatic heterocycles. The largest absolute Gasteiger partial charge is 0.316 e. The van der Waals surface area contributed by atoms with Crippen molar-refractivity contribution in [2.75, 3.05) is 24.5 Å². The van der Waals surface area contributed by atoms with Gasteiger partial charge in [-0.2, -0.15) is 0 Å². The second-order valence-corrected chi connectivity index (χ2v) is 4.77. The number of aryl methyl sites for hydroxylation is 1. The van der Waals surface area contributed by atoms with Gasteiger partial charge in [0.25, 0.3) is 0 Å². The van der Waals surface area contributed by atoms with Crippen LogP contribution in [-0.2, 0) is 4.79 Å². The summed E-state index contributed by atoms with van der Waals surface area (Å²) in [5.41, 5.74) is 2.04. The number of hydrogen-bond donors (Lipinski definition) is 1. The maximum atomic E-state index is 12.1. The number of nitrogens with zero attached hydrogens (tertiary/aromatic N) is 1. The molecule has 1 aromatic rings. The molecule has 1 heterocycles. The van der Waals surface area contributed by atoms with Crippen LogP contribution in [0.4, 0.5) is 5.69 Å². The molecule has 0 spiro atoms. The molecule has 17 heavy (non-hydrogen) atoms. The van der Waals surface area contributed by atoms with E-state index in [-0.39, 0.29) is 5.91 Å². The highest BCUT2D eigenvalue weighted by molar-refractivity contribution is 6.31. The summed E-state index contributed by atoms with van der Waals surface area (Å²) in [5.74, 6) is 0.169. The minimum absolute atomic E-state index is 0.169. The summed E-state index contributed by atoms with van der Waals surface area (Å²) in [6, 6.07) is 5.70. The van der Waals surface area contributed by atoms with Crippen LogP contribution in [0.2, 0.25) is 5.02 Å². The molecular weight excluding hydrogens is 236 g/mol. The zero-order chi connectivity index (χ0) is 12.3. The van der Waals surface area contributed by atoms with E-state index in [1.165, 1.54) is 0 Å². The lowest BCUT2D eigenvalue weighted by atomic mass is 10.1. The number of rotatable bonds is 1. The molecular formula is C13H17ClN2O. The molecule has 0 bridgehead atoms. The van der Waals surface area contributed by atoms with Gasteiger partial charge < -0.3 is 10.2 Å². The van der Waals surface area contributed by atoms with Crippen LogP contribution in [0.1, 0.15) is 18.4 Å². The lowest BCUT2D eigenvalue weighted by Crippen LogP contribution is -2.38. The Hall–Kier alpha value is -1.06. The number of carbonyl (C=O) groups excluding carboxylic acids is 1. The molecule has 1 saturated heterocycles. The average molecular weight is 253 g/mol. The molecule has 3 nitrogen and oxygen atoms in total. The van der Waals surface area contributed by atoms with Gasteiger partial charge in [0.1, 0.15) is 0 Å². The predicted octanol–water partition coefficient (Wildman–Crippen LogP) is 2.36. The number of benzene rings is 1. The predicted molar refractivity (Wildman–Crippen MR) is 70.6 cm³/mol. The van der Waals surface area contributed by atoms with Crippen molar-refractivity contribution in [3.63, 3.8) is 0 Å². The quantitative estimate of drug-likeness (QED) is 0.832. The van der Waals surface area contributed by atoms with E-state index in [9.17, 15) is 4.79 Å². The molecule has 0 aliphatic carbocycles. The fourth-order valence-corrected chi connectivity index (χ4v) is 2.24. The molecule has 2 rings (SSSR count). The summed E-state index contributed by atoms with van der Waals surface area (Å²) in [7, 11) is 0. The van der Waals surface area contributed by atoms with Crippen LogP contribution in [0.15, 0.2) is 18.2 Å². The third kappa shape index (κ3) is 2.99. The van der Waals surface area contributed by atoms with E-state index in [0.29, 0.717) is 11.4 Å². The highest BCUT2D eigenvalue weighted by Gasteiger charge is 2.18. The van der Waals surface area contributed by atoms with Gasteiger partial charge in [-0.3, -0.25) is 4.79 Å². The van der Waals surface area contributed by atoms with Crippen LogP contribution in [0, 0.1) is 6.92 Å². The van der Waals surface area contributed by atoms with Crippen LogP contribution >= 0.6 is 11.6 Å². The van der Waals surface area contributed by atoms with Crippen LogP contribution < -0.4 is 10.2 Å². The molecule has 1 aromatic carbocycles. The maximum Gasteiger partial charge on any atom is 0.228 e. The van der Waals surface area contributed by atoms with Gasteiger partial charge >= 0.3 is 0 Å². The average Bonchev–Trinajstić information content (AvgIpc) is 2.28. The Balaban J connectivity index is 2.28. The topological polar surface area (TPSA) is 32.3 Å². The minimum atomic E-state index is 0.169. The van der Waals surface area contributed by atoms with Gasteiger partial charge in [-0.25, -0.2) is 0 Å². The van der Waals surface area contributed by atoms with Crippen LogP contribution in [0.25, 0.3) is 0 Å². The summed E-state index contributed by atoms with van der Waals surface area (Å²) >= 11 is 6.01. The van der Waals surface area contributed by atoms with E-state index >= 15 is 0 Å². The van der Waals surface area contributed by atoms with Crippen molar-refractivity contribution in [2.24, 2.45) is 0 Å². The highest BCUT2D eigenvalue weighted by Crippen LogP contribution is 2.25. The first-order valence-corrected chi connectivity index (χ1v) is 6.33. The van der Waals surface area contributed by atoms with Gasteiger partial charge in [0.05, 0.1) is 0 Å². The van der Waals surface area contributed by atoms with E-state index in [1.54, 1.807) is 0 Å². The monoisotopic (exact) mass is 252 g/mol. The van der Waals surface area contributed by atoms with Gasteiger partial charge in [-0.15, -0.1) is 0 Å². The lowest BCUT2D eigenvalue weighted by Gasteiger charge is -2.26. The standard InChI is InChI=1S/C13H17ClN2O/c1-10-3-4-11(14)9-12(10)16-8-2-6-15-7-5-13(16)17/h3-4,9,15H,2,5-8H2,1H3. The first-order valence-electron chi connectivity index (χ1n) is 5.96.